The highest BCUT2D eigenvalue weighted by molar-refractivity contribution is 5.71. The highest BCUT2D eigenvalue weighted by Gasteiger charge is 2.64. The van der Waals surface area contributed by atoms with Crippen molar-refractivity contribution in [2.45, 2.75) is 194 Å². The molecule has 8 nitrogen and oxygen atoms in total. The van der Waals surface area contributed by atoms with Crippen molar-refractivity contribution in [2.75, 3.05) is 6.79 Å². The summed E-state index contributed by atoms with van der Waals surface area (Å²) in [6.45, 7) is 14.2. The summed E-state index contributed by atoms with van der Waals surface area (Å²) in [6.07, 6.45) is 17.8. The van der Waals surface area contributed by atoms with Gasteiger partial charge in [0.15, 0.2) is 0 Å². The molecule has 0 aromatic heterocycles. The number of ether oxygens (including phenoxy) is 2. The summed E-state index contributed by atoms with van der Waals surface area (Å²) in [4.78, 5) is 25.8. The number of aliphatic hydroxyl groups excluding tert-OH is 4. The molecule has 4 unspecified atom stereocenters. The molecule has 8 rings (SSSR count). The van der Waals surface area contributed by atoms with Crippen LogP contribution in [0.1, 0.15) is 170 Å². The highest BCUT2D eigenvalue weighted by Crippen LogP contribution is 2.70. The van der Waals surface area contributed by atoms with E-state index >= 15 is 0 Å². The molecule has 8 aliphatic carbocycles. The van der Waals surface area contributed by atoms with E-state index in [1.807, 2.05) is 0 Å². The molecular weight excluding hydrogens is 717 g/mol. The van der Waals surface area contributed by atoms with Crippen LogP contribution in [0.25, 0.3) is 0 Å². The fourth-order valence-corrected chi connectivity index (χ4v) is 17.7. The van der Waals surface area contributed by atoms with Crippen molar-refractivity contribution >= 4 is 11.9 Å². The lowest BCUT2D eigenvalue weighted by Gasteiger charge is -2.62. The van der Waals surface area contributed by atoms with Crippen molar-refractivity contribution in [1.82, 2.24) is 0 Å². The number of hydrogen-bond acceptors (Lipinski definition) is 8. The van der Waals surface area contributed by atoms with Gasteiger partial charge in [-0.2, -0.15) is 0 Å². The largest absolute Gasteiger partial charge is 0.428 e. The van der Waals surface area contributed by atoms with Gasteiger partial charge in [-0.1, -0.05) is 41.5 Å². The third kappa shape index (κ3) is 7.28. The van der Waals surface area contributed by atoms with Crippen LogP contribution in [0.2, 0.25) is 0 Å². The first kappa shape index (κ1) is 42.5. The molecule has 8 aliphatic rings. The number of aliphatic hydroxyl groups is 4. The zero-order valence-corrected chi connectivity index (χ0v) is 36.5. The smallest absolute Gasteiger partial charge is 0.308 e. The minimum Gasteiger partial charge on any atom is -0.428 e. The molecule has 0 saturated heterocycles. The maximum Gasteiger partial charge on any atom is 0.308 e. The van der Waals surface area contributed by atoms with Gasteiger partial charge in [0.05, 0.1) is 24.4 Å². The molecule has 0 spiro atoms. The fraction of sp³-hybridized carbons (Fsp3) is 0.959. The second-order valence-corrected chi connectivity index (χ2v) is 23.1. The SMILES string of the molecule is C[C@H](CCC(=O)OCOC(=O)CC[C@H](C)[C@@H]1CCC2[C@@H]3[C@H](O)CC4C[C@H](O)CC[C@]4(C)[C@H]3CC[C@@]21C)[C@H]1CCC2[C@@H]3[C@@H](O)CC4C[C@H](O)CC[C@]4(C)[C@H]3CC[C@@]21C. The zero-order chi connectivity index (χ0) is 40.7. The maximum absolute atomic E-state index is 12.9. The van der Waals surface area contributed by atoms with E-state index in [2.05, 4.69) is 41.5 Å². The Balaban J connectivity index is 0.765. The Hall–Kier alpha value is -1.22. The first-order chi connectivity index (χ1) is 27.0. The average molecular weight is 797 g/mol. The van der Waals surface area contributed by atoms with Gasteiger partial charge in [-0.25, -0.2) is 0 Å². The van der Waals surface area contributed by atoms with E-state index in [1.165, 1.54) is 12.8 Å². The number of carbonyl (C=O) groups is 2. The molecule has 0 bridgehead atoms. The molecule has 8 fully saturated rings. The molecule has 8 heteroatoms. The Labute approximate surface area is 344 Å². The van der Waals surface area contributed by atoms with E-state index in [4.69, 9.17) is 9.47 Å². The Kier molecular flexibility index (Phi) is 11.9. The lowest BCUT2D eigenvalue weighted by Crippen LogP contribution is -2.58. The monoisotopic (exact) mass is 797 g/mol. The van der Waals surface area contributed by atoms with Gasteiger partial charge in [0.1, 0.15) is 0 Å². The fourth-order valence-electron chi connectivity index (χ4n) is 17.7. The molecule has 0 aliphatic heterocycles. The average Bonchev–Trinajstić information content (AvgIpc) is 3.71. The second kappa shape index (κ2) is 15.9. The van der Waals surface area contributed by atoms with Gasteiger partial charge in [0.2, 0.25) is 6.79 Å². The van der Waals surface area contributed by atoms with Gasteiger partial charge < -0.3 is 29.9 Å². The van der Waals surface area contributed by atoms with Gasteiger partial charge in [0.25, 0.3) is 0 Å². The summed E-state index contributed by atoms with van der Waals surface area (Å²) >= 11 is 0. The summed E-state index contributed by atoms with van der Waals surface area (Å²) in [5.41, 5.74) is 0.792. The summed E-state index contributed by atoms with van der Waals surface area (Å²) < 4.78 is 10.9. The van der Waals surface area contributed by atoms with Gasteiger partial charge in [0, 0.05) is 12.8 Å². The standard InChI is InChI=1S/C49H80O8/c1-28(34-9-11-36-44-38(17-21-48(34,36)5)46(3)19-15-32(50)23-30(46)25-40(44)52)7-13-42(54)56-27-57-43(55)14-8-29(2)35-10-12-37-45-39(18-22-49(35,37)6)47(4)20-16-33(51)24-31(47)26-41(45)53/h28-41,44-45,50-53H,7-27H2,1-6H3/t28-,29+,30?,31?,32-,33-,34-,35+,36?,37?,38+,39+,40+,41-,44+,45+,46+,47+,48-,49-/m1/s1. The third-order valence-electron chi connectivity index (χ3n) is 20.9. The summed E-state index contributed by atoms with van der Waals surface area (Å²) in [5.74, 6) is 4.80. The van der Waals surface area contributed by atoms with Crippen molar-refractivity contribution in [2.24, 2.45) is 92.7 Å². The van der Waals surface area contributed by atoms with Gasteiger partial charge in [-0.15, -0.1) is 0 Å². The first-order valence-electron chi connectivity index (χ1n) is 24.0. The van der Waals surface area contributed by atoms with E-state index in [0.29, 0.717) is 83.9 Å². The van der Waals surface area contributed by atoms with Gasteiger partial charge in [-0.3, -0.25) is 9.59 Å². The molecule has 20 atom stereocenters. The highest BCUT2D eigenvalue weighted by atomic mass is 16.7. The van der Waals surface area contributed by atoms with Gasteiger partial charge in [-0.05, 0) is 208 Å². The molecule has 0 aromatic carbocycles. The van der Waals surface area contributed by atoms with Crippen LogP contribution in [0.15, 0.2) is 0 Å². The van der Waals surface area contributed by atoms with E-state index in [-0.39, 0.29) is 64.8 Å². The maximum atomic E-state index is 12.9. The summed E-state index contributed by atoms with van der Waals surface area (Å²) in [7, 11) is 0. The van der Waals surface area contributed by atoms with E-state index in [1.54, 1.807) is 0 Å². The third-order valence-corrected chi connectivity index (χ3v) is 20.9. The molecule has 324 valence electrons. The number of esters is 2. The number of carbonyl (C=O) groups excluding carboxylic acids is 2. The van der Waals surface area contributed by atoms with Crippen LogP contribution in [0.4, 0.5) is 0 Å². The quantitative estimate of drug-likeness (QED) is 0.127. The second-order valence-electron chi connectivity index (χ2n) is 23.1. The lowest BCUT2D eigenvalue weighted by atomic mass is 9.43. The van der Waals surface area contributed by atoms with Crippen LogP contribution < -0.4 is 0 Å². The van der Waals surface area contributed by atoms with E-state index < -0.39 is 0 Å². The van der Waals surface area contributed by atoms with Crippen LogP contribution in [-0.4, -0.2) is 63.6 Å². The molecule has 0 amide bonds. The van der Waals surface area contributed by atoms with Crippen molar-refractivity contribution in [3.8, 4) is 0 Å². The number of hydrogen-bond donors (Lipinski definition) is 4. The van der Waals surface area contributed by atoms with Crippen molar-refractivity contribution in [1.29, 1.82) is 0 Å². The number of fused-ring (bicyclic) bond motifs is 10. The van der Waals surface area contributed by atoms with Crippen molar-refractivity contribution in [3.05, 3.63) is 0 Å². The Morgan fingerprint density at radius 1 is 0.526 bits per heavy atom. The van der Waals surface area contributed by atoms with E-state index in [0.717, 1.165) is 103 Å². The summed E-state index contributed by atoms with van der Waals surface area (Å²) in [6, 6.07) is 0. The molecule has 8 saturated carbocycles. The van der Waals surface area contributed by atoms with Crippen LogP contribution in [0, 0.1) is 92.7 Å². The van der Waals surface area contributed by atoms with Crippen LogP contribution >= 0.6 is 0 Å². The lowest BCUT2D eigenvalue weighted by molar-refractivity contribution is -0.174. The molecule has 4 N–H and O–H groups in total. The first-order valence-corrected chi connectivity index (χ1v) is 24.0. The minimum absolute atomic E-state index is 0.172. The van der Waals surface area contributed by atoms with Crippen LogP contribution in [0.3, 0.4) is 0 Å². The molecular formula is C49H80O8. The Morgan fingerprint density at radius 3 is 1.30 bits per heavy atom. The topological polar surface area (TPSA) is 134 Å². The normalized spacial score (nSPS) is 51.2. The zero-order valence-electron chi connectivity index (χ0n) is 36.5. The van der Waals surface area contributed by atoms with Crippen molar-refractivity contribution < 1.29 is 39.5 Å². The predicted octanol–water partition coefficient (Wildman–Crippen LogP) is 8.84. The minimum atomic E-state index is -0.317. The molecule has 0 radical (unpaired) electrons. The Morgan fingerprint density at radius 2 is 0.895 bits per heavy atom. The van der Waals surface area contributed by atoms with E-state index in [9.17, 15) is 30.0 Å². The summed E-state index contributed by atoms with van der Waals surface area (Å²) in [5, 5.41) is 44.0. The molecule has 0 aromatic rings. The van der Waals surface area contributed by atoms with Crippen molar-refractivity contribution in [3.63, 3.8) is 0 Å². The Bertz CT molecular complexity index is 1360. The molecule has 57 heavy (non-hydrogen) atoms. The van der Waals surface area contributed by atoms with Crippen LogP contribution in [-0.2, 0) is 19.1 Å². The predicted molar refractivity (Wildman–Crippen MR) is 219 cm³/mol. The van der Waals surface area contributed by atoms with Crippen LogP contribution in [0.5, 0.6) is 0 Å². The number of rotatable bonds is 10. The van der Waals surface area contributed by atoms with Gasteiger partial charge >= 0.3 is 11.9 Å². The molecule has 0 heterocycles.